The Kier molecular flexibility index (Phi) is 3.99. The van der Waals surface area contributed by atoms with Crippen LogP contribution in [-0.2, 0) is 0 Å². The molecule has 0 atom stereocenters. The van der Waals surface area contributed by atoms with Gasteiger partial charge in [-0.15, -0.1) is 0 Å². The number of aliphatic imine (C=N–C) groups is 1. The number of allylic oxidation sites excluding steroid dienone is 2. The van der Waals surface area contributed by atoms with Crippen molar-refractivity contribution in [3.05, 3.63) is 35.5 Å². The molecule has 0 spiro atoms. The minimum atomic E-state index is -2.59. The van der Waals surface area contributed by atoms with Gasteiger partial charge in [0, 0.05) is 18.2 Å². The van der Waals surface area contributed by atoms with Gasteiger partial charge in [-0.25, -0.2) is 8.78 Å². The van der Waals surface area contributed by atoms with E-state index >= 15 is 0 Å². The van der Waals surface area contributed by atoms with Gasteiger partial charge in [-0.05, 0) is 18.2 Å². The van der Waals surface area contributed by atoms with E-state index in [2.05, 4.69) is 10.3 Å². The molecule has 1 aliphatic heterocycles. The number of alkyl halides is 2. The summed E-state index contributed by atoms with van der Waals surface area (Å²) in [6, 6.07) is 4.66. The maximum Gasteiger partial charge on any atom is 0.277 e. The van der Waals surface area contributed by atoms with Crippen molar-refractivity contribution in [2.24, 2.45) is 4.99 Å². The molecule has 0 saturated heterocycles. The fourth-order valence-corrected chi connectivity index (χ4v) is 1.78. The van der Waals surface area contributed by atoms with Crippen LogP contribution in [0.25, 0.3) is 0 Å². The summed E-state index contributed by atoms with van der Waals surface area (Å²) >= 11 is 0. The van der Waals surface area contributed by atoms with E-state index in [1.54, 1.807) is 12.1 Å². The molecular formula is C13H14F2N2O2. The maximum absolute atomic E-state index is 12.7. The van der Waals surface area contributed by atoms with E-state index in [1.807, 2.05) is 0 Å². The molecular weight excluding hydrogens is 254 g/mol. The number of phenolic OH excluding ortho intramolecular Hbond substituents is 1. The maximum atomic E-state index is 12.7. The van der Waals surface area contributed by atoms with Crippen LogP contribution < -0.4 is 10.1 Å². The number of hydrogen-bond donors (Lipinski definition) is 2. The summed E-state index contributed by atoms with van der Waals surface area (Å²) in [5, 5.41) is 12.5. The predicted octanol–water partition coefficient (Wildman–Crippen LogP) is 1.94. The fourth-order valence-electron chi connectivity index (χ4n) is 1.78. The number of hydrogen-bond acceptors (Lipinski definition) is 4. The molecule has 102 valence electrons. The zero-order chi connectivity index (χ0) is 13.8. The van der Waals surface area contributed by atoms with Gasteiger partial charge in [0.25, 0.3) is 6.43 Å². The number of ether oxygens (including phenoxy) is 1. The van der Waals surface area contributed by atoms with Crippen LogP contribution in [0.3, 0.4) is 0 Å². The SMILES string of the molecule is COc1ccc(C2=NCCNC(C(F)F)=C2)c(O)c1. The second-order valence-electron chi connectivity index (χ2n) is 3.98. The minimum absolute atomic E-state index is 0.0510. The van der Waals surface area contributed by atoms with Crippen LogP contribution in [0.4, 0.5) is 8.78 Å². The number of rotatable bonds is 3. The highest BCUT2D eigenvalue weighted by Gasteiger charge is 2.16. The van der Waals surface area contributed by atoms with E-state index in [0.717, 1.165) is 0 Å². The number of aromatic hydroxyl groups is 1. The second-order valence-corrected chi connectivity index (χ2v) is 3.98. The monoisotopic (exact) mass is 268 g/mol. The van der Waals surface area contributed by atoms with Crippen molar-refractivity contribution in [2.45, 2.75) is 6.43 Å². The van der Waals surface area contributed by atoms with Crippen LogP contribution >= 0.6 is 0 Å². The van der Waals surface area contributed by atoms with Gasteiger partial charge in [0.15, 0.2) is 0 Å². The first-order valence-electron chi connectivity index (χ1n) is 5.77. The number of nitrogens with zero attached hydrogens (tertiary/aromatic N) is 1. The van der Waals surface area contributed by atoms with E-state index in [1.165, 1.54) is 19.3 Å². The van der Waals surface area contributed by atoms with Gasteiger partial charge in [0.1, 0.15) is 11.5 Å². The zero-order valence-corrected chi connectivity index (χ0v) is 10.4. The van der Waals surface area contributed by atoms with Gasteiger partial charge in [0.2, 0.25) is 0 Å². The molecule has 0 saturated carbocycles. The molecule has 2 N–H and O–H groups in total. The number of methoxy groups -OCH3 is 1. The summed E-state index contributed by atoms with van der Waals surface area (Å²) in [6.45, 7) is 0.712. The Balaban J connectivity index is 2.39. The normalized spacial score (nSPS) is 15.4. The van der Waals surface area contributed by atoms with E-state index in [0.29, 0.717) is 30.1 Å². The number of benzene rings is 1. The molecule has 0 unspecified atom stereocenters. The van der Waals surface area contributed by atoms with Crippen LogP contribution in [0, 0.1) is 0 Å². The lowest BCUT2D eigenvalue weighted by Crippen LogP contribution is -2.20. The van der Waals surface area contributed by atoms with Crippen molar-refractivity contribution in [2.75, 3.05) is 20.2 Å². The number of halogens is 2. The van der Waals surface area contributed by atoms with Gasteiger partial charge >= 0.3 is 0 Å². The first-order valence-corrected chi connectivity index (χ1v) is 5.77. The highest BCUT2D eigenvalue weighted by atomic mass is 19.3. The van der Waals surface area contributed by atoms with E-state index < -0.39 is 6.43 Å². The highest BCUT2D eigenvalue weighted by Crippen LogP contribution is 2.25. The topological polar surface area (TPSA) is 53.8 Å². The smallest absolute Gasteiger partial charge is 0.277 e. The summed E-state index contributed by atoms with van der Waals surface area (Å²) < 4.78 is 30.5. The second kappa shape index (κ2) is 5.69. The Morgan fingerprint density at radius 2 is 2.21 bits per heavy atom. The van der Waals surface area contributed by atoms with Crippen molar-refractivity contribution in [3.8, 4) is 11.5 Å². The predicted molar refractivity (Wildman–Crippen MR) is 68.2 cm³/mol. The lowest BCUT2D eigenvalue weighted by molar-refractivity contribution is 0.181. The molecule has 19 heavy (non-hydrogen) atoms. The van der Waals surface area contributed by atoms with Gasteiger partial charge < -0.3 is 15.2 Å². The van der Waals surface area contributed by atoms with E-state index in [4.69, 9.17) is 4.74 Å². The molecule has 1 aromatic carbocycles. The number of phenols is 1. The lowest BCUT2D eigenvalue weighted by Gasteiger charge is -2.08. The van der Waals surface area contributed by atoms with Crippen molar-refractivity contribution in [3.63, 3.8) is 0 Å². The lowest BCUT2D eigenvalue weighted by atomic mass is 10.1. The van der Waals surface area contributed by atoms with Crippen molar-refractivity contribution < 1.29 is 18.6 Å². The Labute approximate surface area is 109 Å². The number of nitrogens with one attached hydrogen (secondary N) is 1. The molecule has 0 amide bonds. The summed E-state index contributed by atoms with van der Waals surface area (Å²) in [5.41, 5.74) is 0.551. The van der Waals surface area contributed by atoms with Crippen LogP contribution in [0.15, 0.2) is 35.0 Å². The van der Waals surface area contributed by atoms with Crippen molar-refractivity contribution in [1.29, 1.82) is 0 Å². The molecule has 4 nitrogen and oxygen atoms in total. The molecule has 0 aliphatic carbocycles. The fraction of sp³-hybridized carbons (Fsp3) is 0.308. The average molecular weight is 268 g/mol. The molecule has 0 aromatic heterocycles. The molecule has 0 bridgehead atoms. The quantitative estimate of drug-likeness (QED) is 0.881. The molecule has 1 aromatic rings. The first-order chi connectivity index (χ1) is 9.11. The molecule has 2 rings (SSSR count). The Morgan fingerprint density at radius 1 is 1.42 bits per heavy atom. The zero-order valence-electron chi connectivity index (χ0n) is 10.4. The van der Waals surface area contributed by atoms with Crippen molar-refractivity contribution in [1.82, 2.24) is 5.32 Å². The highest BCUT2D eigenvalue weighted by molar-refractivity contribution is 6.11. The molecule has 0 radical (unpaired) electrons. The minimum Gasteiger partial charge on any atom is -0.507 e. The third-order valence-electron chi connectivity index (χ3n) is 2.73. The van der Waals surface area contributed by atoms with Gasteiger partial charge in [-0.3, -0.25) is 4.99 Å². The Morgan fingerprint density at radius 3 is 2.84 bits per heavy atom. The third-order valence-corrected chi connectivity index (χ3v) is 2.73. The first kappa shape index (κ1) is 13.3. The average Bonchev–Trinajstić information content (AvgIpc) is 2.64. The Bertz CT molecular complexity index is 527. The van der Waals surface area contributed by atoms with Crippen LogP contribution in [-0.4, -0.2) is 37.4 Å². The third kappa shape index (κ3) is 3.01. The van der Waals surface area contributed by atoms with Crippen LogP contribution in [0.1, 0.15) is 5.56 Å². The van der Waals surface area contributed by atoms with Gasteiger partial charge in [-0.2, -0.15) is 0 Å². The van der Waals surface area contributed by atoms with E-state index in [9.17, 15) is 13.9 Å². The van der Waals surface area contributed by atoms with Crippen LogP contribution in [0.5, 0.6) is 11.5 Å². The van der Waals surface area contributed by atoms with Gasteiger partial charge in [-0.1, -0.05) is 0 Å². The summed E-state index contributed by atoms with van der Waals surface area (Å²) in [6.07, 6.45) is -1.33. The summed E-state index contributed by atoms with van der Waals surface area (Å²) in [4.78, 5) is 4.19. The Hall–Kier alpha value is -2.11. The van der Waals surface area contributed by atoms with Crippen molar-refractivity contribution >= 4 is 5.71 Å². The summed E-state index contributed by atoms with van der Waals surface area (Å²) in [7, 11) is 1.48. The molecule has 1 heterocycles. The molecule has 1 aliphatic rings. The van der Waals surface area contributed by atoms with E-state index in [-0.39, 0.29) is 11.4 Å². The molecule has 0 fully saturated rings. The largest absolute Gasteiger partial charge is 0.507 e. The van der Waals surface area contributed by atoms with Gasteiger partial charge in [0.05, 0.1) is 25.1 Å². The standard InChI is InChI=1S/C13H14F2N2O2/c1-19-8-2-3-9(12(18)6-8)10-7-11(13(14)15)17-5-4-16-10/h2-3,6-7,13,17-18H,4-5H2,1H3. The molecule has 6 heteroatoms. The summed E-state index contributed by atoms with van der Waals surface area (Å²) in [5.74, 6) is 0.441. The van der Waals surface area contributed by atoms with Crippen LogP contribution in [0.2, 0.25) is 0 Å².